The van der Waals surface area contributed by atoms with Crippen molar-refractivity contribution in [1.82, 2.24) is 0 Å². The Bertz CT molecular complexity index is 850. The summed E-state index contributed by atoms with van der Waals surface area (Å²) in [5.41, 5.74) is 0. The van der Waals surface area contributed by atoms with Crippen LogP contribution in [0, 0.1) is 0 Å². The van der Waals surface area contributed by atoms with E-state index in [1.165, 1.54) is 122 Å². The molecule has 304 valence electrons. The summed E-state index contributed by atoms with van der Waals surface area (Å²) in [6.45, 7) is 6.54. The standard InChI is InChI=1S/C46H84O6/c1-4-7-10-13-16-18-20-21-22-23-24-25-26-27-29-30-33-36-39-45(48)51-42-43(41-50-44(47)38-35-32-15-12-9-6-3)52-46(49)40-37-34-31-28-19-17-14-11-8-5-2/h18,20,22-23,43H,4-17,19,21,24-42H2,1-3H3/b20-18-,23-22-. The maximum absolute atomic E-state index is 12.6. The van der Waals surface area contributed by atoms with E-state index in [1.54, 1.807) is 0 Å². The van der Waals surface area contributed by atoms with Gasteiger partial charge in [0.25, 0.3) is 0 Å². The van der Waals surface area contributed by atoms with Gasteiger partial charge in [0.1, 0.15) is 13.2 Å². The van der Waals surface area contributed by atoms with Crippen molar-refractivity contribution in [2.75, 3.05) is 13.2 Å². The molecule has 0 fully saturated rings. The van der Waals surface area contributed by atoms with E-state index in [0.717, 1.165) is 70.6 Å². The second kappa shape index (κ2) is 41.6. The van der Waals surface area contributed by atoms with Gasteiger partial charge in [0.15, 0.2) is 6.10 Å². The van der Waals surface area contributed by atoms with Crippen molar-refractivity contribution in [2.24, 2.45) is 0 Å². The summed E-state index contributed by atoms with van der Waals surface area (Å²) in [6.07, 6.45) is 44.6. The Hall–Kier alpha value is -2.11. The van der Waals surface area contributed by atoms with Gasteiger partial charge in [-0.3, -0.25) is 14.4 Å². The van der Waals surface area contributed by atoms with E-state index in [1.807, 2.05) is 0 Å². The number of hydrogen-bond donors (Lipinski definition) is 0. The average Bonchev–Trinajstić information content (AvgIpc) is 3.14. The number of esters is 3. The second-order valence-corrected chi connectivity index (χ2v) is 15.0. The zero-order valence-electron chi connectivity index (χ0n) is 34.6. The molecule has 0 aliphatic rings. The van der Waals surface area contributed by atoms with E-state index >= 15 is 0 Å². The normalized spacial score (nSPS) is 12.1. The van der Waals surface area contributed by atoms with Crippen LogP contribution in [0.25, 0.3) is 0 Å². The molecule has 0 spiro atoms. The summed E-state index contributed by atoms with van der Waals surface area (Å²) in [6, 6.07) is 0. The zero-order valence-corrected chi connectivity index (χ0v) is 34.6. The molecule has 1 atom stereocenters. The Morgan fingerprint density at radius 1 is 0.385 bits per heavy atom. The highest BCUT2D eigenvalue weighted by atomic mass is 16.6. The van der Waals surface area contributed by atoms with E-state index in [2.05, 4.69) is 45.1 Å². The molecule has 0 aliphatic heterocycles. The summed E-state index contributed by atoms with van der Waals surface area (Å²) >= 11 is 0. The van der Waals surface area contributed by atoms with Crippen LogP contribution in [-0.4, -0.2) is 37.2 Å². The van der Waals surface area contributed by atoms with Crippen molar-refractivity contribution in [3.8, 4) is 0 Å². The Kier molecular flexibility index (Phi) is 40.0. The van der Waals surface area contributed by atoms with E-state index in [-0.39, 0.29) is 31.1 Å². The van der Waals surface area contributed by atoms with Crippen molar-refractivity contribution in [2.45, 2.75) is 239 Å². The van der Waals surface area contributed by atoms with Crippen LogP contribution in [0.4, 0.5) is 0 Å². The fourth-order valence-electron chi connectivity index (χ4n) is 6.29. The third kappa shape index (κ3) is 39.1. The lowest BCUT2D eigenvalue weighted by Crippen LogP contribution is -2.30. The summed E-state index contributed by atoms with van der Waals surface area (Å²) < 4.78 is 16.6. The van der Waals surface area contributed by atoms with Crippen molar-refractivity contribution >= 4 is 17.9 Å². The predicted octanol–water partition coefficient (Wildman–Crippen LogP) is 14.0. The molecule has 6 heteroatoms. The van der Waals surface area contributed by atoms with Gasteiger partial charge in [-0.2, -0.15) is 0 Å². The molecule has 0 aromatic heterocycles. The van der Waals surface area contributed by atoms with Crippen molar-refractivity contribution < 1.29 is 28.6 Å². The second-order valence-electron chi connectivity index (χ2n) is 15.0. The van der Waals surface area contributed by atoms with Crippen LogP contribution in [0.5, 0.6) is 0 Å². The number of carbonyl (C=O) groups is 3. The number of unbranched alkanes of at least 4 members (excludes halogenated alkanes) is 25. The number of ether oxygens (including phenoxy) is 3. The minimum absolute atomic E-state index is 0.0717. The van der Waals surface area contributed by atoms with Crippen LogP contribution in [0.3, 0.4) is 0 Å². The molecule has 1 unspecified atom stereocenters. The van der Waals surface area contributed by atoms with E-state index in [4.69, 9.17) is 14.2 Å². The van der Waals surface area contributed by atoms with Crippen LogP contribution in [0.2, 0.25) is 0 Å². The molecule has 6 nitrogen and oxygen atoms in total. The van der Waals surface area contributed by atoms with Gasteiger partial charge in [0, 0.05) is 19.3 Å². The SMILES string of the molecule is CCCCCC/C=C\C/C=C\CCCCCCCCCC(=O)OCC(COC(=O)CCCCCCCC)OC(=O)CCCCCCCCCCCC. The number of hydrogen-bond acceptors (Lipinski definition) is 6. The lowest BCUT2D eigenvalue weighted by Gasteiger charge is -2.18. The van der Waals surface area contributed by atoms with Gasteiger partial charge in [-0.15, -0.1) is 0 Å². The van der Waals surface area contributed by atoms with Crippen LogP contribution < -0.4 is 0 Å². The molecule has 0 saturated heterocycles. The number of rotatable bonds is 40. The quantitative estimate of drug-likeness (QED) is 0.0270. The van der Waals surface area contributed by atoms with Crippen molar-refractivity contribution in [1.29, 1.82) is 0 Å². The number of allylic oxidation sites excluding steroid dienone is 4. The van der Waals surface area contributed by atoms with Gasteiger partial charge in [0.05, 0.1) is 0 Å². The molecule has 0 amide bonds. The van der Waals surface area contributed by atoms with Crippen LogP contribution >= 0.6 is 0 Å². The molecule has 0 aliphatic carbocycles. The Morgan fingerprint density at radius 3 is 1.08 bits per heavy atom. The molecule has 0 aromatic carbocycles. The maximum atomic E-state index is 12.6. The minimum atomic E-state index is -0.764. The number of carbonyl (C=O) groups excluding carboxylic acids is 3. The molecule has 0 heterocycles. The molecular formula is C46H84O6. The highest BCUT2D eigenvalue weighted by Crippen LogP contribution is 2.14. The first-order valence-corrected chi connectivity index (χ1v) is 22.3. The van der Waals surface area contributed by atoms with Crippen LogP contribution in [0.15, 0.2) is 24.3 Å². The van der Waals surface area contributed by atoms with Gasteiger partial charge in [-0.1, -0.05) is 186 Å². The zero-order chi connectivity index (χ0) is 38.0. The van der Waals surface area contributed by atoms with Gasteiger partial charge < -0.3 is 14.2 Å². The van der Waals surface area contributed by atoms with Crippen molar-refractivity contribution in [3.05, 3.63) is 24.3 Å². The van der Waals surface area contributed by atoms with Gasteiger partial charge >= 0.3 is 17.9 Å². The molecule has 0 radical (unpaired) electrons. The minimum Gasteiger partial charge on any atom is -0.462 e. The summed E-state index contributed by atoms with van der Waals surface area (Å²) in [5.74, 6) is -0.887. The topological polar surface area (TPSA) is 78.9 Å². The Balaban J connectivity index is 4.21. The van der Waals surface area contributed by atoms with Crippen molar-refractivity contribution in [3.63, 3.8) is 0 Å². The Morgan fingerprint density at radius 2 is 0.692 bits per heavy atom. The maximum Gasteiger partial charge on any atom is 0.306 e. The molecular weight excluding hydrogens is 648 g/mol. The molecule has 0 saturated carbocycles. The molecule has 52 heavy (non-hydrogen) atoms. The van der Waals surface area contributed by atoms with Crippen LogP contribution in [0.1, 0.15) is 233 Å². The fraction of sp³-hybridized carbons (Fsp3) is 0.848. The largest absolute Gasteiger partial charge is 0.462 e. The lowest BCUT2D eigenvalue weighted by atomic mass is 10.1. The third-order valence-electron chi connectivity index (χ3n) is 9.71. The molecule has 0 rings (SSSR count). The fourth-order valence-corrected chi connectivity index (χ4v) is 6.29. The van der Waals surface area contributed by atoms with Gasteiger partial charge in [-0.05, 0) is 51.4 Å². The summed E-state index contributed by atoms with van der Waals surface area (Å²) in [4.78, 5) is 37.4. The summed E-state index contributed by atoms with van der Waals surface area (Å²) in [7, 11) is 0. The Labute approximate surface area is 322 Å². The average molecular weight is 733 g/mol. The molecule has 0 N–H and O–H groups in total. The van der Waals surface area contributed by atoms with E-state index < -0.39 is 6.10 Å². The van der Waals surface area contributed by atoms with Gasteiger partial charge in [-0.25, -0.2) is 0 Å². The first-order valence-electron chi connectivity index (χ1n) is 22.3. The lowest BCUT2D eigenvalue weighted by molar-refractivity contribution is -0.167. The highest BCUT2D eigenvalue weighted by molar-refractivity contribution is 5.71. The van der Waals surface area contributed by atoms with E-state index in [9.17, 15) is 14.4 Å². The first-order chi connectivity index (χ1) is 25.5. The highest BCUT2D eigenvalue weighted by Gasteiger charge is 2.19. The van der Waals surface area contributed by atoms with Crippen LogP contribution in [-0.2, 0) is 28.6 Å². The molecule has 0 bridgehead atoms. The summed E-state index contributed by atoms with van der Waals surface area (Å²) in [5, 5.41) is 0. The van der Waals surface area contributed by atoms with Gasteiger partial charge in [0.2, 0.25) is 0 Å². The smallest absolute Gasteiger partial charge is 0.306 e. The predicted molar refractivity (Wildman–Crippen MR) is 219 cm³/mol. The molecule has 0 aromatic rings. The first kappa shape index (κ1) is 49.9. The monoisotopic (exact) mass is 733 g/mol. The van der Waals surface area contributed by atoms with E-state index in [0.29, 0.717) is 19.3 Å². The third-order valence-corrected chi connectivity index (χ3v) is 9.71.